The number of nitrogens with zero attached hydrogens (tertiary/aromatic N) is 1. The Morgan fingerprint density at radius 2 is 1.85 bits per heavy atom. The third-order valence-electron chi connectivity index (χ3n) is 3.56. The van der Waals surface area contributed by atoms with Crippen LogP contribution in [0.25, 0.3) is 11.0 Å². The SMILES string of the molecule is CN(C)C(=O)Sc1cccc(NS(=O)(=O)c2ccc3oc(=O)ccc3c2)c1. The van der Waals surface area contributed by atoms with Gasteiger partial charge in [-0.3, -0.25) is 9.52 Å². The van der Waals surface area contributed by atoms with Crippen LogP contribution >= 0.6 is 11.8 Å². The summed E-state index contributed by atoms with van der Waals surface area (Å²) in [5.74, 6) is 0. The summed E-state index contributed by atoms with van der Waals surface area (Å²) < 4.78 is 32.8. The van der Waals surface area contributed by atoms with Gasteiger partial charge in [-0.2, -0.15) is 0 Å². The van der Waals surface area contributed by atoms with Crippen molar-refractivity contribution in [2.45, 2.75) is 9.79 Å². The fraction of sp³-hybridized carbons (Fsp3) is 0.111. The van der Waals surface area contributed by atoms with Crippen LogP contribution in [-0.2, 0) is 10.0 Å². The molecule has 1 N–H and O–H groups in total. The highest BCUT2D eigenvalue weighted by molar-refractivity contribution is 8.13. The van der Waals surface area contributed by atoms with Crippen molar-refractivity contribution in [1.82, 2.24) is 4.90 Å². The number of nitrogens with one attached hydrogen (secondary N) is 1. The van der Waals surface area contributed by atoms with E-state index in [9.17, 15) is 18.0 Å². The Morgan fingerprint density at radius 3 is 2.59 bits per heavy atom. The molecule has 0 atom stereocenters. The van der Waals surface area contributed by atoms with Crippen molar-refractivity contribution in [3.63, 3.8) is 0 Å². The van der Waals surface area contributed by atoms with Gasteiger partial charge in [-0.25, -0.2) is 13.2 Å². The molecular weight excluding hydrogens is 388 g/mol. The number of rotatable bonds is 4. The van der Waals surface area contributed by atoms with Crippen molar-refractivity contribution >= 4 is 43.7 Å². The highest BCUT2D eigenvalue weighted by atomic mass is 32.2. The van der Waals surface area contributed by atoms with E-state index in [2.05, 4.69) is 4.72 Å². The standard InChI is InChI=1S/C18H16N2O5S2/c1-20(2)18(22)26-14-5-3-4-13(11-14)19-27(23,24)15-7-8-16-12(10-15)6-9-17(21)25-16/h3-11,19H,1-2H3. The molecule has 1 amide bonds. The van der Waals surface area contributed by atoms with Gasteiger partial charge >= 0.3 is 5.63 Å². The Labute approximate surface area is 160 Å². The summed E-state index contributed by atoms with van der Waals surface area (Å²) in [6.45, 7) is 0. The molecular formula is C18H16N2O5S2. The number of hydrogen-bond acceptors (Lipinski definition) is 6. The maximum absolute atomic E-state index is 12.7. The molecule has 1 heterocycles. The molecule has 7 nitrogen and oxygen atoms in total. The van der Waals surface area contributed by atoms with E-state index in [0.717, 1.165) is 11.8 Å². The number of fused-ring (bicyclic) bond motifs is 1. The molecule has 0 saturated carbocycles. The lowest BCUT2D eigenvalue weighted by Gasteiger charge is -2.11. The first-order chi connectivity index (χ1) is 12.7. The first kappa shape index (κ1) is 19.0. The van der Waals surface area contributed by atoms with Crippen molar-refractivity contribution in [2.75, 3.05) is 18.8 Å². The van der Waals surface area contributed by atoms with Crippen LogP contribution in [0.2, 0.25) is 0 Å². The molecule has 0 bridgehead atoms. The van der Waals surface area contributed by atoms with Crippen molar-refractivity contribution in [2.24, 2.45) is 0 Å². The Hall–Kier alpha value is -2.78. The number of anilines is 1. The summed E-state index contributed by atoms with van der Waals surface area (Å²) in [4.78, 5) is 25.1. The maximum atomic E-state index is 12.7. The van der Waals surface area contributed by atoms with Crippen molar-refractivity contribution in [1.29, 1.82) is 0 Å². The van der Waals surface area contributed by atoms with E-state index in [1.165, 1.54) is 35.2 Å². The van der Waals surface area contributed by atoms with Gasteiger partial charge in [-0.05, 0) is 54.2 Å². The van der Waals surface area contributed by atoms with E-state index in [1.807, 2.05) is 0 Å². The minimum atomic E-state index is -3.85. The van der Waals surface area contributed by atoms with Gasteiger partial charge < -0.3 is 9.32 Å². The molecule has 0 spiro atoms. The van der Waals surface area contributed by atoms with Crippen LogP contribution in [0.4, 0.5) is 10.5 Å². The average Bonchev–Trinajstić information content (AvgIpc) is 2.61. The van der Waals surface area contributed by atoms with Crippen LogP contribution in [0.1, 0.15) is 0 Å². The monoisotopic (exact) mass is 404 g/mol. The Morgan fingerprint density at radius 1 is 1.07 bits per heavy atom. The van der Waals surface area contributed by atoms with Gasteiger partial charge in [0.15, 0.2) is 0 Å². The highest BCUT2D eigenvalue weighted by Gasteiger charge is 2.16. The number of benzene rings is 2. The second-order valence-corrected chi connectivity index (χ2v) is 8.56. The normalized spacial score (nSPS) is 11.3. The first-order valence-corrected chi connectivity index (χ1v) is 10.1. The van der Waals surface area contributed by atoms with Crippen LogP contribution in [0.5, 0.6) is 0 Å². The number of sulfonamides is 1. The largest absolute Gasteiger partial charge is 0.423 e. The summed E-state index contributed by atoms with van der Waals surface area (Å²) in [6, 6.07) is 13.5. The predicted molar refractivity (Wildman–Crippen MR) is 105 cm³/mol. The van der Waals surface area contributed by atoms with E-state index >= 15 is 0 Å². The molecule has 2 aromatic carbocycles. The summed E-state index contributed by atoms with van der Waals surface area (Å²) in [5.41, 5.74) is 0.145. The van der Waals surface area contributed by atoms with Gasteiger partial charge in [0.2, 0.25) is 0 Å². The quantitative estimate of drug-likeness (QED) is 0.529. The second-order valence-electron chi connectivity index (χ2n) is 5.85. The lowest BCUT2D eigenvalue weighted by molar-refractivity contribution is 0.241. The molecule has 0 aliphatic carbocycles. The molecule has 0 radical (unpaired) electrons. The van der Waals surface area contributed by atoms with E-state index < -0.39 is 15.6 Å². The molecule has 0 unspecified atom stereocenters. The molecule has 9 heteroatoms. The number of carbonyl (C=O) groups is 1. The van der Waals surface area contributed by atoms with Gasteiger partial charge in [0, 0.05) is 36.1 Å². The fourth-order valence-electron chi connectivity index (χ4n) is 2.25. The number of carbonyl (C=O) groups excluding carboxylic acids is 1. The van der Waals surface area contributed by atoms with E-state index in [1.54, 1.807) is 38.4 Å². The first-order valence-electron chi connectivity index (χ1n) is 7.80. The van der Waals surface area contributed by atoms with Crippen molar-refractivity contribution in [3.8, 4) is 0 Å². The number of thioether (sulfide) groups is 1. The Bertz CT molecular complexity index is 1170. The van der Waals surface area contributed by atoms with E-state index in [0.29, 0.717) is 21.6 Å². The zero-order chi connectivity index (χ0) is 19.6. The van der Waals surface area contributed by atoms with Crippen LogP contribution < -0.4 is 10.3 Å². The second kappa shape index (κ2) is 7.45. The lowest BCUT2D eigenvalue weighted by atomic mass is 10.2. The van der Waals surface area contributed by atoms with Gasteiger partial charge in [0.05, 0.1) is 4.90 Å². The van der Waals surface area contributed by atoms with E-state index in [-0.39, 0.29) is 10.1 Å². The minimum absolute atomic E-state index is 0.0336. The number of amides is 1. The molecule has 0 saturated heterocycles. The lowest BCUT2D eigenvalue weighted by Crippen LogP contribution is -2.16. The summed E-state index contributed by atoms with van der Waals surface area (Å²) in [5, 5.41) is 0.337. The summed E-state index contributed by atoms with van der Waals surface area (Å²) >= 11 is 1.00. The molecule has 27 heavy (non-hydrogen) atoms. The van der Waals surface area contributed by atoms with Crippen molar-refractivity contribution in [3.05, 3.63) is 65.0 Å². The zero-order valence-corrected chi connectivity index (χ0v) is 16.1. The van der Waals surface area contributed by atoms with Crippen molar-refractivity contribution < 1.29 is 17.6 Å². The molecule has 1 aromatic heterocycles. The Balaban J connectivity index is 1.87. The average molecular weight is 404 g/mol. The molecule has 3 aromatic rings. The van der Waals surface area contributed by atoms with Crippen LogP contribution in [-0.4, -0.2) is 32.7 Å². The number of hydrogen-bond donors (Lipinski definition) is 1. The third-order valence-corrected chi connectivity index (χ3v) is 5.97. The summed E-state index contributed by atoms with van der Waals surface area (Å²) in [7, 11) is -0.566. The molecule has 140 valence electrons. The van der Waals surface area contributed by atoms with Crippen LogP contribution in [0.3, 0.4) is 0 Å². The minimum Gasteiger partial charge on any atom is -0.423 e. The smallest absolute Gasteiger partial charge is 0.336 e. The molecule has 0 aliphatic rings. The third kappa shape index (κ3) is 4.50. The molecule has 3 rings (SSSR count). The van der Waals surface area contributed by atoms with Gasteiger partial charge in [-0.15, -0.1) is 0 Å². The van der Waals surface area contributed by atoms with Gasteiger partial charge in [-0.1, -0.05) is 6.07 Å². The molecule has 0 fully saturated rings. The van der Waals surface area contributed by atoms with Gasteiger partial charge in [0.25, 0.3) is 15.3 Å². The molecule has 0 aliphatic heterocycles. The van der Waals surface area contributed by atoms with Crippen LogP contribution in [0.15, 0.2) is 73.6 Å². The maximum Gasteiger partial charge on any atom is 0.336 e. The predicted octanol–water partition coefficient (Wildman–Crippen LogP) is 3.37. The highest BCUT2D eigenvalue weighted by Crippen LogP contribution is 2.26. The topological polar surface area (TPSA) is 96.7 Å². The van der Waals surface area contributed by atoms with E-state index in [4.69, 9.17) is 4.42 Å². The Kier molecular flexibility index (Phi) is 5.24. The fourth-order valence-corrected chi connectivity index (χ4v) is 4.05. The summed E-state index contributed by atoms with van der Waals surface area (Å²) in [6.07, 6.45) is 0. The van der Waals surface area contributed by atoms with Gasteiger partial charge in [0.1, 0.15) is 5.58 Å². The zero-order valence-electron chi connectivity index (χ0n) is 14.5. The van der Waals surface area contributed by atoms with Crippen LogP contribution in [0, 0.1) is 0 Å².